The Bertz CT molecular complexity index is 1060. The zero-order chi connectivity index (χ0) is 18.8. The van der Waals surface area contributed by atoms with Crippen LogP contribution < -0.4 is 10.2 Å². The van der Waals surface area contributed by atoms with Crippen LogP contribution in [-0.2, 0) is 6.42 Å². The molecule has 0 bridgehead atoms. The van der Waals surface area contributed by atoms with Gasteiger partial charge in [0.15, 0.2) is 0 Å². The predicted molar refractivity (Wildman–Crippen MR) is 101 cm³/mol. The Morgan fingerprint density at radius 2 is 1.96 bits per heavy atom. The first kappa shape index (κ1) is 17.6. The third-order valence-corrected chi connectivity index (χ3v) is 4.16. The molecule has 2 N–H and O–H groups in total. The Hall–Kier alpha value is -3.21. The summed E-state index contributed by atoms with van der Waals surface area (Å²) >= 11 is 0. The number of fused-ring (bicyclic) bond motifs is 1. The van der Waals surface area contributed by atoms with Crippen LogP contribution in [0.5, 0.6) is 17.2 Å². The van der Waals surface area contributed by atoms with Gasteiger partial charge in [0.1, 0.15) is 34.5 Å². The van der Waals surface area contributed by atoms with Crippen LogP contribution in [0.25, 0.3) is 22.1 Å². The molecule has 1 heterocycles. The summed E-state index contributed by atoms with van der Waals surface area (Å²) in [5.74, 6) is 0.262. The standard InChI is InChI=1S/C21H20O5/c1-12(2)4-5-14-8-13(6-7-18(14)25-3)16-11-26-19-10-15(22)9-17(23)20(19)21(16)24/h4,6-11,22-23H,5H2,1-3H3. The van der Waals surface area contributed by atoms with Crippen molar-refractivity contribution in [2.45, 2.75) is 20.3 Å². The van der Waals surface area contributed by atoms with Gasteiger partial charge in [-0.3, -0.25) is 4.79 Å². The van der Waals surface area contributed by atoms with Gasteiger partial charge in [-0.15, -0.1) is 0 Å². The lowest BCUT2D eigenvalue weighted by atomic mass is 10.00. The second kappa shape index (κ2) is 6.96. The molecule has 0 unspecified atom stereocenters. The van der Waals surface area contributed by atoms with E-state index in [2.05, 4.69) is 6.08 Å². The third kappa shape index (κ3) is 3.28. The second-order valence-electron chi connectivity index (χ2n) is 6.33. The summed E-state index contributed by atoms with van der Waals surface area (Å²) in [7, 11) is 1.61. The first-order valence-electron chi connectivity index (χ1n) is 8.19. The summed E-state index contributed by atoms with van der Waals surface area (Å²) in [4.78, 5) is 12.8. The third-order valence-electron chi connectivity index (χ3n) is 4.16. The highest BCUT2D eigenvalue weighted by molar-refractivity contribution is 5.88. The Balaban J connectivity index is 2.17. The van der Waals surface area contributed by atoms with Gasteiger partial charge in [-0.1, -0.05) is 17.7 Å². The molecule has 3 aromatic rings. The van der Waals surface area contributed by atoms with Gasteiger partial charge < -0.3 is 19.4 Å². The number of methoxy groups -OCH3 is 1. The number of phenolic OH excluding ortho intramolecular Hbond substituents is 2. The van der Waals surface area contributed by atoms with Crippen LogP contribution in [0, 0.1) is 0 Å². The number of phenols is 2. The van der Waals surface area contributed by atoms with Crippen molar-refractivity contribution >= 4 is 11.0 Å². The van der Waals surface area contributed by atoms with Crippen molar-refractivity contribution in [3.05, 3.63) is 64.0 Å². The van der Waals surface area contributed by atoms with E-state index in [0.717, 1.165) is 17.4 Å². The van der Waals surface area contributed by atoms with Crippen LogP contribution in [0.15, 0.2) is 57.5 Å². The quantitative estimate of drug-likeness (QED) is 0.681. The lowest BCUT2D eigenvalue weighted by Gasteiger charge is -2.10. The summed E-state index contributed by atoms with van der Waals surface area (Å²) in [6.45, 7) is 4.04. The van der Waals surface area contributed by atoms with Crippen LogP contribution >= 0.6 is 0 Å². The van der Waals surface area contributed by atoms with Crippen LogP contribution in [0.2, 0.25) is 0 Å². The zero-order valence-corrected chi connectivity index (χ0v) is 14.9. The highest BCUT2D eigenvalue weighted by atomic mass is 16.5. The maximum absolute atomic E-state index is 12.8. The first-order valence-corrected chi connectivity index (χ1v) is 8.19. The van der Waals surface area contributed by atoms with E-state index in [1.165, 1.54) is 17.9 Å². The molecular weight excluding hydrogens is 332 g/mol. The molecule has 0 spiro atoms. The van der Waals surface area contributed by atoms with Crippen molar-refractivity contribution < 1.29 is 19.4 Å². The fraction of sp³-hybridized carbons (Fsp3) is 0.190. The van der Waals surface area contributed by atoms with Crippen molar-refractivity contribution in [3.63, 3.8) is 0 Å². The molecule has 0 saturated heterocycles. The Morgan fingerprint density at radius 3 is 2.65 bits per heavy atom. The lowest BCUT2D eigenvalue weighted by molar-refractivity contribution is 0.411. The van der Waals surface area contributed by atoms with Gasteiger partial charge in [0.25, 0.3) is 0 Å². The number of benzene rings is 2. The molecule has 5 heteroatoms. The van der Waals surface area contributed by atoms with E-state index in [-0.39, 0.29) is 27.9 Å². The molecule has 0 radical (unpaired) electrons. The Morgan fingerprint density at radius 1 is 1.19 bits per heavy atom. The average molecular weight is 352 g/mol. The fourth-order valence-electron chi connectivity index (χ4n) is 2.84. The molecule has 0 fully saturated rings. The minimum absolute atomic E-state index is 0.0435. The monoisotopic (exact) mass is 352 g/mol. The molecule has 0 aliphatic heterocycles. The van der Waals surface area contributed by atoms with Gasteiger partial charge in [-0.05, 0) is 43.5 Å². The topological polar surface area (TPSA) is 79.9 Å². The summed E-state index contributed by atoms with van der Waals surface area (Å²) in [6.07, 6.45) is 4.10. The van der Waals surface area contributed by atoms with E-state index in [4.69, 9.17) is 9.15 Å². The highest BCUT2D eigenvalue weighted by Crippen LogP contribution is 2.31. The second-order valence-corrected chi connectivity index (χ2v) is 6.33. The number of hydrogen-bond donors (Lipinski definition) is 2. The molecule has 3 rings (SSSR count). The van der Waals surface area contributed by atoms with Crippen molar-refractivity contribution in [2.75, 3.05) is 7.11 Å². The SMILES string of the molecule is COc1ccc(-c2coc3cc(O)cc(O)c3c2=O)cc1CC=C(C)C. The number of aromatic hydroxyl groups is 2. The molecular formula is C21H20O5. The van der Waals surface area contributed by atoms with Gasteiger partial charge in [0.05, 0.1) is 12.7 Å². The maximum Gasteiger partial charge on any atom is 0.204 e. The van der Waals surface area contributed by atoms with Crippen molar-refractivity contribution in [2.24, 2.45) is 0 Å². The molecule has 0 atom stereocenters. The number of rotatable bonds is 4. The molecule has 0 saturated carbocycles. The smallest absolute Gasteiger partial charge is 0.204 e. The van der Waals surface area contributed by atoms with E-state index in [0.29, 0.717) is 17.5 Å². The minimum Gasteiger partial charge on any atom is -0.508 e. The van der Waals surface area contributed by atoms with Crippen molar-refractivity contribution in [1.29, 1.82) is 0 Å². The van der Waals surface area contributed by atoms with Crippen LogP contribution in [0.3, 0.4) is 0 Å². The Kier molecular flexibility index (Phi) is 4.71. The molecule has 0 aliphatic rings. The van der Waals surface area contributed by atoms with Gasteiger partial charge >= 0.3 is 0 Å². The first-order chi connectivity index (χ1) is 12.4. The van der Waals surface area contributed by atoms with Crippen molar-refractivity contribution in [1.82, 2.24) is 0 Å². The Labute approximate surface area is 150 Å². The summed E-state index contributed by atoms with van der Waals surface area (Å²) in [6, 6.07) is 7.89. The van der Waals surface area contributed by atoms with Gasteiger partial charge in [0.2, 0.25) is 5.43 Å². The molecule has 0 aliphatic carbocycles. The summed E-state index contributed by atoms with van der Waals surface area (Å²) in [5, 5.41) is 19.6. The largest absolute Gasteiger partial charge is 0.508 e. The molecule has 5 nitrogen and oxygen atoms in total. The summed E-state index contributed by atoms with van der Waals surface area (Å²) in [5.41, 5.74) is 2.91. The predicted octanol–water partition coefficient (Wildman–Crippen LogP) is 4.39. The van der Waals surface area contributed by atoms with Crippen LogP contribution in [0.4, 0.5) is 0 Å². The van der Waals surface area contributed by atoms with Crippen molar-refractivity contribution in [3.8, 4) is 28.4 Å². The van der Waals surface area contributed by atoms with Gasteiger partial charge in [0, 0.05) is 12.1 Å². The fourth-order valence-corrected chi connectivity index (χ4v) is 2.84. The number of hydrogen-bond acceptors (Lipinski definition) is 5. The molecule has 134 valence electrons. The summed E-state index contributed by atoms with van der Waals surface area (Å²) < 4.78 is 10.9. The number of ether oxygens (including phenoxy) is 1. The lowest BCUT2D eigenvalue weighted by Crippen LogP contribution is -2.05. The van der Waals surface area contributed by atoms with Crippen LogP contribution in [0.1, 0.15) is 19.4 Å². The van der Waals surface area contributed by atoms with E-state index in [9.17, 15) is 15.0 Å². The zero-order valence-electron chi connectivity index (χ0n) is 14.9. The van der Waals surface area contributed by atoms with E-state index < -0.39 is 0 Å². The minimum atomic E-state index is -0.359. The molecule has 26 heavy (non-hydrogen) atoms. The van der Waals surface area contributed by atoms with Gasteiger partial charge in [-0.25, -0.2) is 0 Å². The number of allylic oxidation sites excluding steroid dienone is 2. The van der Waals surface area contributed by atoms with Crippen LogP contribution in [-0.4, -0.2) is 17.3 Å². The highest BCUT2D eigenvalue weighted by Gasteiger charge is 2.15. The van der Waals surface area contributed by atoms with Gasteiger partial charge in [-0.2, -0.15) is 0 Å². The van der Waals surface area contributed by atoms with E-state index >= 15 is 0 Å². The maximum atomic E-state index is 12.8. The normalized spacial score (nSPS) is 10.7. The van der Waals surface area contributed by atoms with E-state index in [1.807, 2.05) is 26.0 Å². The average Bonchev–Trinajstić information content (AvgIpc) is 2.59. The molecule has 0 amide bonds. The molecule has 1 aromatic heterocycles. The molecule has 2 aromatic carbocycles. The van der Waals surface area contributed by atoms with E-state index in [1.54, 1.807) is 13.2 Å².